The number of rotatable bonds is 4. The van der Waals surface area contributed by atoms with Gasteiger partial charge in [0.25, 0.3) is 5.91 Å². The van der Waals surface area contributed by atoms with E-state index >= 15 is 0 Å². The molecule has 3 N–H and O–H groups in total. The van der Waals surface area contributed by atoms with E-state index in [1.807, 2.05) is 51.1 Å². The second-order valence-corrected chi connectivity index (χ2v) is 6.50. The number of nitrogen functional groups attached to an aromatic ring is 1. The summed E-state index contributed by atoms with van der Waals surface area (Å²) in [5, 5.41) is 11.0. The Morgan fingerprint density at radius 2 is 1.85 bits per heavy atom. The monoisotopic (exact) mass is 349 g/mol. The molecule has 0 spiro atoms. The molecule has 0 bridgehead atoms. The van der Waals surface area contributed by atoms with Crippen molar-refractivity contribution in [2.24, 2.45) is 0 Å². The molecule has 0 aliphatic heterocycles. The van der Waals surface area contributed by atoms with Crippen molar-refractivity contribution in [3.63, 3.8) is 0 Å². The molecule has 0 unspecified atom stereocenters. The van der Waals surface area contributed by atoms with Crippen molar-refractivity contribution in [1.29, 1.82) is 0 Å². The van der Waals surface area contributed by atoms with Crippen molar-refractivity contribution < 1.29 is 4.79 Å². The van der Waals surface area contributed by atoms with E-state index in [4.69, 9.17) is 5.73 Å². The number of anilines is 2. The smallest absolute Gasteiger partial charge is 0.280 e. The summed E-state index contributed by atoms with van der Waals surface area (Å²) >= 11 is 0. The molecule has 1 amide bonds. The number of nitrogens with two attached hydrogens (primary N) is 1. The molecule has 0 saturated carbocycles. The summed E-state index contributed by atoms with van der Waals surface area (Å²) in [6.45, 7) is 8.02. The van der Waals surface area contributed by atoms with E-state index < -0.39 is 0 Å². The van der Waals surface area contributed by atoms with Gasteiger partial charge in [-0.15, -0.1) is 5.10 Å². The summed E-state index contributed by atoms with van der Waals surface area (Å²) in [5.74, 6) is -0.138. The van der Waals surface area contributed by atoms with Gasteiger partial charge in [-0.3, -0.25) is 4.79 Å². The predicted octanol–water partition coefficient (Wildman–Crippen LogP) is 3.59. The molecule has 6 nitrogen and oxygen atoms in total. The van der Waals surface area contributed by atoms with Crippen LogP contribution in [0.4, 0.5) is 11.5 Å². The van der Waals surface area contributed by atoms with Crippen molar-refractivity contribution in [3.05, 3.63) is 64.3 Å². The lowest BCUT2D eigenvalue weighted by molar-refractivity contribution is 0.102. The first-order valence-electron chi connectivity index (χ1n) is 8.60. The number of carbonyl (C=O) groups is 1. The van der Waals surface area contributed by atoms with Gasteiger partial charge in [0.2, 0.25) is 0 Å². The molecular weight excluding hydrogens is 326 g/mol. The van der Waals surface area contributed by atoms with E-state index in [-0.39, 0.29) is 17.4 Å². The van der Waals surface area contributed by atoms with Gasteiger partial charge in [-0.05, 0) is 61.6 Å². The standard InChI is InChI=1S/C20H23N5O/c1-5-15-8-6-7-14(4)17(15)22-20(26)18-19(21)25(24-23-18)16-10-12(2)9-13(3)11-16/h6-11H,5,21H2,1-4H3,(H,22,26). The van der Waals surface area contributed by atoms with E-state index in [1.165, 1.54) is 4.68 Å². The highest BCUT2D eigenvalue weighted by atomic mass is 16.2. The molecule has 134 valence electrons. The molecule has 3 aromatic rings. The third-order valence-corrected chi connectivity index (χ3v) is 4.35. The van der Waals surface area contributed by atoms with Gasteiger partial charge in [0.1, 0.15) is 0 Å². The highest BCUT2D eigenvalue weighted by molar-refractivity contribution is 6.06. The highest BCUT2D eigenvalue weighted by Gasteiger charge is 2.20. The third-order valence-electron chi connectivity index (χ3n) is 4.35. The van der Waals surface area contributed by atoms with Crippen LogP contribution in [0.2, 0.25) is 0 Å². The number of nitrogens with one attached hydrogen (secondary N) is 1. The predicted molar refractivity (Wildman–Crippen MR) is 104 cm³/mol. The summed E-state index contributed by atoms with van der Waals surface area (Å²) < 4.78 is 1.49. The van der Waals surface area contributed by atoms with Crippen LogP contribution in [-0.4, -0.2) is 20.9 Å². The fraction of sp³-hybridized carbons (Fsp3) is 0.250. The number of para-hydroxylation sites is 1. The first kappa shape index (κ1) is 17.7. The van der Waals surface area contributed by atoms with Crippen LogP contribution < -0.4 is 11.1 Å². The fourth-order valence-electron chi connectivity index (χ4n) is 3.09. The summed E-state index contributed by atoms with van der Waals surface area (Å²) in [6.07, 6.45) is 0.821. The van der Waals surface area contributed by atoms with Crippen molar-refractivity contribution >= 4 is 17.4 Å². The molecule has 0 fully saturated rings. The normalized spacial score (nSPS) is 10.8. The number of hydrogen-bond donors (Lipinski definition) is 2. The number of aromatic nitrogens is 3. The Kier molecular flexibility index (Phi) is 4.75. The molecule has 3 rings (SSSR count). The summed E-state index contributed by atoms with van der Waals surface area (Å²) in [7, 11) is 0. The minimum Gasteiger partial charge on any atom is -0.382 e. The molecule has 6 heteroatoms. The number of carbonyl (C=O) groups excluding carboxylic acids is 1. The SMILES string of the molecule is CCc1cccc(C)c1NC(=O)c1nnn(-c2cc(C)cc(C)c2)c1N. The van der Waals surface area contributed by atoms with Crippen molar-refractivity contribution in [1.82, 2.24) is 15.0 Å². The molecular formula is C20H23N5O. The summed E-state index contributed by atoms with van der Waals surface area (Å²) in [6, 6.07) is 11.9. The van der Waals surface area contributed by atoms with Crippen LogP contribution in [-0.2, 0) is 6.42 Å². The fourth-order valence-corrected chi connectivity index (χ4v) is 3.09. The second-order valence-electron chi connectivity index (χ2n) is 6.50. The van der Waals surface area contributed by atoms with Crippen molar-refractivity contribution in [3.8, 4) is 5.69 Å². The van der Waals surface area contributed by atoms with Crippen LogP contribution in [0, 0.1) is 20.8 Å². The molecule has 0 aliphatic carbocycles. The van der Waals surface area contributed by atoms with Gasteiger partial charge in [0, 0.05) is 5.69 Å². The average molecular weight is 349 g/mol. The Labute approximate surface area is 153 Å². The molecule has 2 aromatic carbocycles. The van der Waals surface area contributed by atoms with E-state index in [0.29, 0.717) is 0 Å². The summed E-state index contributed by atoms with van der Waals surface area (Å²) in [5.41, 5.74) is 12.1. The topological polar surface area (TPSA) is 85.8 Å². The number of amides is 1. The first-order chi connectivity index (χ1) is 12.4. The van der Waals surface area contributed by atoms with Gasteiger partial charge in [-0.2, -0.15) is 4.68 Å². The zero-order valence-electron chi connectivity index (χ0n) is 15.5. The zero-order valence-corrected chi connectivity index (χ0v) is 15.5. The summed E-state index contributed by atoms with van der Waals surface area (Å²) in [4.78, 5) is 12.7. The largest absolute Gasteiger partial charge is 0.382 e. The molecule has 0 aliphatic rings. The van der Waals surface area contributed by atoms with Crippen LogP contribution in [0.1, 0.15) is 39.7 Å². The minimum atomic E-state index is -0.359. The van der Waals surface area contributed by atoms with Gasteiger partial charge in [-0.25, -0.2) is 0 Å². The highest BCUT2D eigenvalue weighted by Crippen LogP contribution is 2.23. The Morgan fingerprint density at radius 3 is 2.50 bits per heavy atom. The van der Waals surface area contributed by atoms with Crippen LogP contribution in [0.15, 0.2) is 36.4 Å². The molecule has 1 heterocycles. The maximum atomic E-state index is 12.7. The van der Waals surface area contributed by atoms with Gasteiger partial charge in [-0.1, -0.05) is 36.4 Å². The third kappa shape index (κ3) is 3.31. The molecule has 1 aromatic heterocycles. The Bertz CT molecular complexity index is 954. The Morgan fingerprint density at radius 1 is 1.15 bits per heavy atom. The minimum absolute atomic E-state index is 0.120. The molecule has 0 radical (unpaired) electrons. The quantitative estimate of drug-likeness (QED) is 0.754. The molecule has 26 heavy (non-hydrogen) atoms. The van der Waals surface area contributed by atoms with Gasteiger partial charge in [0.15, 0.2) is 11.5 Å². The average Bonchev–Trinajstić information content (AvgIpc) is 2.97. The molecule has 0 saturated heterocycles. The number of aryl methyl sites for hydroxylation is 4. The lowest BCUT2D eigenvalue weighted by Crippen LogP contribution is -2.17. The van der Waals surface area contributed by atoms with Crippen LogP contribution >= 0.6 is 0 Å². The Hall–Kier alpha value is -3.15. The number of nitrogens with zero attached hydrogens (tertiary/aromatic N) is 3. The number of benzene rings is 2. The van der Waals surface area contributed by atoms with Crippen LogP contribution in [0.25, 0.3) is 5.69 Å². The Balaban J connectivity index is 1.94. The van der Waals surface area contributed by atoms with Crippen LogP contribution in [0.3, 0.4) is 0 Å². The molecule has 0 atom stereocenters. The van der Waals surface area contributed by atoms with Crippen molar-refractivity contribution in [2.75, 3.05) is 11.1 Å². The van der Waals surface area contributed by atoms with Gasteiger partial charge in [0.05, 0.1) is 5.69 Å². The van der Waals surface area contributed by atoms with E-state index in [9.17, 15) is 4.79 Å². The number of hydrogen-bond acceptors (Lipinski definition) is 4. The lowest BCUT2D eigenvalue weighted by atomic mass is 10.1. The maximum Gasteiger partial charge on any atom is 0.280 e. The second kappa shape index (κ2) is 7.00. The van der Waals surface area contributed by atoms with Crippen LogP contribution in [0.5, 0.6) is 0 Å². The maximum absolute atomic E-state index is 12.7. The zero-order chi connectivity index (χ0) is 18.8. The van der Waals surface area contributed by atoms with E-state index in [0.717, 1.165) is 40.0 Å². The van der Waals surface area contributed by atoms with Gasteiger partial charge < -0.3 is 11.1 Å². The van der Waals surface area contributed by atoms with E-state index in [1.54, 1.807) is 0 Å². The van der Waals surface area contributed by atoms with E-state index in [2.05, 4.69) is 28.6 Å². The van der Waals surface area contributed by atoms with Crippen molar-refractivity contribution in [2.45, 2.75) is 34.1 Å². The lowest BCUT2D eigenvalue weighted by Gasteiger charge is -2.12. The van der Waals surface area contributed by atoms with Gasteiger partial charge >= 0.3 is 0 Å². The first-order valence-corrected chi connectivity index (χ1v) is 8.60.